The van der Waals surface area contributed by atoms with Gasteiger partial charge in [-0.3, -0.25) is 0 Å². The third kappa shape index (κ3) is 5.67. The predicted octanol–water partition coefficient (Wildman–Crippen LogP) is 7.13. The first-order valence-electron chi connectivity index (χ1n) is 12.4. The van der Waals surface area contributed by atoms with Crippen LogP contribution in [0.5, 0.6) is 0 Å². The molecule has 0 unspecified atom stereocenters. The molecule has 0 fully saturated rings. The SMILES string of the molecule is CCCCCCN(P(c1ccccc1)c1ccccc1)[P+](C)(c1ccccc1)c1ccccc1. The molecule has 0 saturated heterocycles. The summed E-state index contributed by atoms with van der Waals surface area (Å²) in [6, 6.07) is 44.9. The zero-order valence-corrected chi connectivity index (χ0v) is 22.2. The van der Waals surface area contributed by atoms with Crippen molar-refractivity contribution in [2.24, 2.45) is 0 Å². The molecule has 174 valence electrons. The van der Waals surface area contributed by atoms with Gasteiger partial charge in [-0.25, -0.2) is 0 Å². The van der Waals surface area contributed by atoms with Crippen LogP contribution in [-0.4, -0.2) is 17.7 Å². The summed E-state index contributed by atoms with van der Waals surface area (Å²) in [5, 5.41) is 5.77. The Labute approximate surface area is 208 Å². The van der Waals surface area contributed by atoms with E-state index in [1.165, 1.54) is 46.9 Å². The van der Waals surface area contributed by atoms with Gasteiger partial charge in [0.2, 0.25) is 0 Å². The smallest absolute Gasteiger partial charge is 0.142 e. The summed E-state index contributed by atoms with van der Waals surface area (Å²) in [6.45, 7) is 5.94. The number of benzene rings is 4. The van der Waals surface area contributed by atoms with Gasteiger partial charge in [0.15, 0.2) is 0 Å². The van der Waals surface area contributed by atoms with Gasteiger partial charge in [-0.2, -0.15) is 0 Å². The topological polar surface area (TPSA) is 3.24 Å². The molecule has 0 amide bonds. The van der Waals surface area contributed by atoms with E-state index in [1.807, 2.05) is 0 Å². The Morgan fingerprint density at radius 1 is 0.559 bits per heavy atom. The van der Waals surface area contributed by atoms with E-state index >= 15 is 0 Å². The molecule has 0 spiro atoms. The summed E-state index contributed by atoms with van der Waals surface area (Å²) < 4.78 is 2.92. The molecule has 0 N–H and O–H groups in total. The van der Waals surface area contributed by atoms with Gasteiger partial charge in [-0.15, -0.1) is 4.44 Å². The lowest BCUT2D eigenvalue weighted by Gasteiger charge is -2.39. The van der Waals surface area contributed by atoms with Gasteiger partial charge in [0, 0.05) is 6.54 Å². The molecule has 0 bridgehead atoms. The maximum absolute atomic E-state index is 2.92. The standard InChI is InChI=1S/C31H36NP2/c1-3-4-5-18-27-32(33(28-19-10-6-11-20-28)29-21-12-7-13-22-29)34(2,30-23-14-8-15-24-30)31-25-16-9-17-26-31/h6-17,19-26H,3-5,18,27H2,1-2H3/q+1. The van der Waals surface area contributed by atoms with Crippen LogP contribution >= 0.6 is 15.5 Å². The van der Waals surface area contributed by atoms with E-state index in [2.05, 4.69) is 139 Å². The van der Waals surface area contributed by atoms with Crippen LogP contribution in [0.1, 0.15) is 32.6 Å². The zero-order chi connectivity index (χ0) is 23.6. The molecule has 0 aromatic heterocycles. The first kappa shape index (κ1) is 24.8. The van der Waals surface area contributed by atoms with Gasteiger partial charge in [-0.05, 0) is 41.3 Å². The molecule has 0 radical (unpaired) electrons. The zero-order valence-electron chi connectivity index (χ0n) is 20.4. The maximum atomic E-state index is 2.92. The number of hydrogen-bond acceptors (Lipinski definition) is 1. The van der Waals surface area contributed by atoms with Crippen LogP contribution in [0, 0.1) is 0 Å². The predicted molar refractivity (Wildman–Crippen MR) is 155 cm³/mol. The Morgan fingerprint density at radius 2 is 0.971 bits per heavy atom. The van der Waals surface area contributed by atoms with E-state index in [0.29, 0.717) is 0 Å². The summed E-state index contributed by atoms with van der Waals surface area (Å²) in [7, 11) is -2.55. The van der Waals surface area contributed by atoms with E-state index in [4.69, 9.17) is 0 Å². The van der Waals surface area contributed by atoms with Crippen molar-refractivity contribution >= 4 is 36.7 Å². The van der Waals surface area contributed by atoms with Crippen LogP contribution in [-0.2, 0) is 0 Å². The molecule has 0 saturated carbocycles. The fourth-order valence-electron chi connectivity index (χ4n) is 4.57. The van der Waals surface area contributed by atoms with Gasteiger partial charge in [0.1, 0.15) is 18.0 Å². The van der Waals surface area contributed by atoms with Crippen LogP contribution in [0.2, 0.25) is 0 Å². The highest BCUT2D eigenvalue weighted by molar-refractivity contribution is 7.94. The summed E-state index contributed by atoms with van der Waals surface area (Å²) in [6.07, 6.45) is 5.06. The molecule has 0 atom stereocenters. The quantitative estimate of drug-likeness (QED) is 0.162. The van der Waals surface area contributed by atoms with Crippen molar-refractivity contribution in [3.8, 4) is 0 Å². The second kappa shape index (κ2) is 12.4. The largest absolute Gasteiger partial charge is 0.149 e. The van der Waals surface area contributed by atoms with E-state index in [1.54, 1.807) is 0 Å². The molecule has 34 heavy (non-hydrogen) atoms. The lowest BCUT2D eigenvalue weighted by atomic mass is 10.2. The Bertz CT molecular complexity index is 1020. The molecule has 0 heterocycles. The number of hydrogen-bond donors (Lipinski definition) is 0. The van der Waals surface area contributed by atoms with Gasteiger partial charge in [0.05, 0.1) is 14.7 Å². The highest BCUT2D eigenvalue weighted by atomic mass is 31.2. The third-order valence-electron chi connectivity index (χ3n) is 6.42. The first-order chi connectivity index (χ1) is 16.7. The number of nitrogens with zero attached hydrogens (tertiary/aromatic N) is 1. The molecule has 4 aromatic carbocycles. The highest BCUT2D eigenvalue weighted by Crippen LogP contribution is 2.65. The van der Waals surface area contributed by atoms with E-state index < -0.39 is 15.5 Å². The second-order valence-corrected chi connectivity index (χ2v) is 14.7. The van der Waals surface area contributed by atoms with Crippen molar-refractivity contribution < 1.29 is 0 Å². The fourth-order valence-corrected chi connectivity index (χ4v) is 12.2. The Morgan fingerprint density at radius 3 is 1.38 bits per heavy atom. The van der Waals surface area contributed by atoms with Crippen LogP contribution < -0.4 is 21.2 Å². The van der Waals surface area contributed by atoms with Gasteiger partial charge >= 0.3 is 0 Å². The Balaban J connectivity index is 1.92. The molecule has 4 aromatic rings. The van der Waals surface area contributed by atoms with Gasteiger partial charge < -0.3 is 0 Å². The van der Waals surface area contributed by atoms with Crippen LogP contribution in [0.15, 0.2) is 121 Å². The summed E-state index contributed by atoms with van der Waals surface area (Å²) >= 11 is 0. The van der Waals surface area contributed by atoms with Crippen molar-refractivity contribution in [1.82, 2.24) is 4.44 Å². The minimum absolute atomic E-state index is 0.688. The van der Waals surface area contributed by atoms with E-state index in [9.17, 15) is 0 Å². The minimum Gasteiger partial charge on any atom is -0.142 e. The molecule has 0 aliphatic heterocycles. The van der Waals surface area contributed by atoms with E-state index in [0.717, 1.165) is 6.54 Å². The fraction of sp³-hybridized carbons (Fsp3) is 0.226. The average molecular weight is 485 g/mol. The van der Waals surface area contributed by atoms with E-state index in [-0.39, 0.29) is 0 Å². The minimum atomic E-state index is -1.86. The summed E-state index contributed by atoms with van der Waals surface area (Å²) in [5.74, 6) is 0. The first-order valence-corrected chi connectivity index (χ1v) is 15.9. The number of rotatable bonds is 11. The van der Waals surface area contributed by atoms with Crippen molar-refractivity contribution in [2.45, 2.75) is 32.6 Å². The van der Waals surface area contributed by atoms with Crippen LogP contribution in [0.4, 0.5) is 0 Å². The van der Waals surface area contributed by atoms with Crippen LogP contribution in [0.25, 0.3) is 0 Å². The average Bonchev–Trinajstić information content (AvgIpc) is 2.92. The normalized spacial score (nSPS) is 11.8. The van der Waals surface area contributed by atoms with Crippen molar-refractivity contribution in [3.63, 3.8) is 0 Å². The Kier molecular flexibility index (Phi) is 9.06. The monoisotopic (exact) mass is 484 g/mol. The number of unbranched alkanes of at least 4 members (excludes halogenated alkanes) is 3. The third-order valence-corrected chi connectivity index (χ3v) is 14.0. The second-order valence-electron chi connectivity index (χ2n) is 8.77. The van der Waals surface area contributed by atoms with Gasteiger partial charge in [-0.1, -0.05) is 123 Å². The molecule has 0 aliphatic rings. The lowest BCUT2D eigenvalue weighted by molar-refractivity contribution is 0.592. The summed E-state index contributed by atoms with van der Waals surface area (Å²) in [4.78, 5) is 0. The maximum Gasteiger partial charge on any atom is 0.149 e. The Hall–Kier alpha value is -2.30. The van der Waals surface area contributed by atoms with Crippen LogP contribution in [0.3, 0.4) is 0 Å². The van der Waals surface area contributed by atoms with Crippen molar-refractivity contribution in [3.05, 3.63) is 121 Å². The summed E-state index contributed by atoms with van der Waals surface area (Å²) in [5.41, 5.74) is 0. The van der Waals surface area contributed by atoms with Crippen molar-refractivity contribution in [2.75, 3.05) is 13.2 Å². The van der Waals surface area contributed by atoms with Gasteiger partial charge in [0.25, 0.3) is 0 Å². The lowest BCUT2D eigenvalue weighted by Crippen LogP contribution is -2.38. The molecule has 3 heteroatoms. The molecule has 0 aliphatic carbocycles. The van der Waals surface area contributed by atoms with Crippen molar-refractivity contribution in [1.29, 1.82) is 0 Å². The molecular weight excluding hydrogens is 448 g/mol. The molecule has 4 rings (SSSR count). The molecular formula is C31H36NP2+. The molecule has 1 nitrogen and oxygen atoms in total. The highest BCUT2D eigenvalue weighted by Gasteiger charge is 2.48.